The third-order valence-corrected chi connectivity index (χ3v) is 4.20. The van der Waals surface area contributed by atoms with Crippen molar-refractivity contribution in [3.8, 4) is 11.4 Å². The van der Waals surface area contributed by atoms with E-state index in [-0.39, 0.29) is 0 Å². The van der Waals surface area contributed by atoms with Crippen LogP contribution in [0.4, 0.5) is 0 Å². The fraction of sp³-hybridized carbons (Fsp3) is 0.500. The quantitative estimate of drug-likeness (QED) is 0.911. The van der Waals surface area contributed by atoms with Crippen LogP contribution in [0.3, 0.4) is 0 Å². The molecule has 0 unspecified atom stereocenters. The molecule has 0 spiro atoms. The highest BCUT2D eigenvalue weighted by molar-refractivity contribution is 6.30. The van der Waals surface area contributed by atoms with Crippen LogP contribution in [0.1, 0.15) is 38.0 Å². The van der Waals surface area contributed by atoms with Gasteiger partial charge in [-0.25, -0.2) is 0 Å². The van der Waals surface area contributed by atoms with Gasteiger partial charge in [-0.1, -0.05) is 36.0 Å². The number of benzene rings is 1. The zero-order chi connectivity index (χ0) is 14.5. The van der Waals surface area contributed by atoms with Gasteiger partial charge in [-0.05, 0) is 37.1 Å². The molecular formula is C16H20ClN3O. The molecule has 0 saturated heterocycles. The van der Waals surface area contributed by atoms with E-state index in [1.807, 2.05) is 24.3 Å². The summed E-state index contributed by atoms with van der Waals surface area (Å²) in [4.78, 5) is 4.43. The molecule has 0 atom stereocenters. The molecule has 0 aliphatic heterocycles. The number of halogens is 1. The van der Waals surface area contributed by atoms with Crippen molar-refractivity contribution in [3.05, 3.63) is 35.2 Å². The van der Waals surface area contributed by atoms with Gasteiger partial charge in [0.15, 0.2) is 0 Å². The van der Waals surface area contributed by atoms with Crippen LogP contribution in [0.15, 0.2) is 28.8 Å². The summed E-state index contributed by atoms with van der Waals surface area (Å²) in [7, 11) is 0. The zero-order valence-corrected chi connectivity index (χ0v) is 12.8. The van der Waals surface area contributed by atoms with E-state index in [1.165, 1.54) is 32.1 Å². The topological polar surface area (TPSA) is 51.0 Å². The summed E-state index contributed by atoms with van der Waals surface area (Å²) in [5.41, 5.74) is 0.926. The van der Waals surface area contributed by atoms with Gasteiger partial charge in [0.05, 0.1) is 0 Å². The van der Waals surface area contributed by atoms with E-state index < -0.39 is 0 Å². The minimum Gasteiger partial charge on any atom is -0.339 e. The lowest BCUT2D eigenvalue weighted by Crippen LogP contribution is -2.32. The second-order valence-corrected chi connectivity index (χ2v) is 5.99. The fourth-order valence-corrected chi connectivity index (χ4v) is 2.89. The second kappa shape index (κ2) is 7.05. The van der Waals surface area contributed by atoms with E-state index in [1.54, 1.807) is 0 Å². The van der Waals surface area contributed by atoms with Gasteiger partial charge in [-0.3, -0.25) is 0 Å². The molecule has 21 heavy (non-hydrogen) atoms. The number of rotatable bonds is 5. The maximum atomic E-state index is 5.87. The average molecular weight is 306 g/mol. The van der Waals surface area contributed by atoms with E-state index in [2.05, 4.69) is 15.5 Å². The van der Waals surface area contributed by atoms with Crippen molar-refractivity contribution in [1.82, 2.24) is 15.5 Å². The molecule has 112 valence electrons. The Labute approximate surface area is 129 Å². The van der Waals surface area contributed by atoms with Crippen LogP contribution >= 0.6 is 11.6 Å². The van der Waals surface area contributed by atoms with Crippen molar-refractivity contribution in [2.24, 2.45) is 0 Å². The smallest absolute Gasteiger partial charge is 0.228 e. The molecule has 1 aromatic carbocycles. The highest BCUT2D eigenvalue weighted by Gasteiger charge is 2.13. The largest absolute Gasteiger partial charge is 0.339 e. The monoisotopic (exact) mass is 305 g/mol. The molecule has 0 amide bonds. The highest BCUT2D eigenvalue weighted by Crippen LogP contribution is 2.19. The summed E-state index contributed by atoms with van der Waals surface area (Å²) in [6, 6.07) is 8.13. The van der Waals surface area contributed by atoms with E-state index in [0.29, 0.717) is 22.8 Å². The number of nitrogens with zero attached hydrogens (tertiary/aromatic N) is 2. The molecule has 0 radical (unpaired) electrons. The van der Waals surface area contributed by atoms with Crippen molar-refractivity contribution in [2.45, 2.75) is 44.6 Å². The fourth-order valence-electron chi connectivity index (χ4n) is 2.76. The van der Waals surface area contributed by atoms with Crippen LogP contribution in [0.25, 0.3) is 11.4 Å². The van der Waals surface area contributed by atoms with Crippen LogP contribution in [0.2, 0.25) is 5.02 Å². The molecule has 5 heteroatoms. The molecule has 1 fully saturated rings. The third-order valence-electron chi connectivity index (χ3n) is 3.95. The molecule has 1 N–H and O–H groups in total. The Hall–Kier alpha value is -1.39. The molecule has 1 aliphatic carbocycles. The molecule has 0 bridgehead atoms. The predicted molar refractivity (Wildman–Crippen MR) is 83.3 cm³/mol. The molecular weight excluding hydrogens is 286 g/mol. The Morgan fingerprint density at radius 1 is 1.14 bits per heavy atom. The van der Waals surface area contributed by atoms with E-state index in [9.17, 15) is 0 Å². The Balaban J connectivity index is 1.51. The molecule has 4 nitrogen and oxygen atoms in total. The number of aromatic nitrogens is 2. The summed E-state index contributed by atoms with van der Waals surface area (Å²) in [6.45, 7) is 0.896. The van der Waals surface area contributed by atoms with Gasteiger partial charge >= 0.3 is 0 Å². The Morgan fingerprint density at radius 3 is 2.67 bits per heavy atom. The van der Waals surface area contributed by atoms with Crippen molar-refractivity contribution in [3.63, 3.8) is 0 Å². The zero-order valence-electron chi connectivity index (χ0n) is 12.0. The van der Waals surface area contributed by atoms with Crippen LogP contribution in [0.5, 0.6) is 0 Å². The van der Waals surface area contributed by atoms with Gasteiger partial charge in [0.2, 0.25) is 11.7 Å². The van der Waals surface area contributed by atoms with Crippen molar-refractivity contribution in [1.29, 1.82) is 0 Å². The van der Waals surface area contributed by atoms with Gasteiger partial charge < -0.3 is 9.84 Å². The Bertz CT molecular complexity index is 561. The van der Waals surface area contributed by atoms with Crippen LogP contribution in [-0.2, 0) is 6.42 Å². The molecule has 1 saturated carbocycles. The highest BCUT2D eigenvalue weighted by atomic mass is 35.5. The average Bonchev–Trinajstić information content (AvgIpc) is 2.98. The Kier molecular flexibility index (Phi) is 4.88. The molecule has 3 rings (SSSR count). The lowest BCUT2D eigenvalue weighted by Gasteiger charge is -2.22. The summed E-state index contributed by atoms with van der Waals surface area (Å²) < 4.78 is 5.30. The normalized spacial score (nSPS) is 16.2. The lowest BCUT2D eigenvalue weighted by molar-refractivity contribution is 0.351. The van der Waals surface area contributed by atoms with Gasteiger partial charge in [-0.2, -0.15) is 4.98 Å². The third kappa shape index (κ3) is 4.05. The van der Waals surface area contributed by atoms with Gasteiger partial charge in [0.1, 0.15) is 0 Å². The molecule has 1 aromatic heterocycles. The summed E-state index contributed by atoms with van der Waals surface area (Å²) in [5, 5.41) is 8.31. The van der Waals surface area contributed by atoms with Crippen LogP contribution in [0, 0.1) is 0 Å². The van der Waals surface area contributed by atoms with Crippen LogP contribution in [-0.4, -0.2) is 22.7 Å². The standard InChI is InChI=1S/C16H20ClN3O/c17-13-8-6-12(7-9-13)16-19-15(21-20-16)10-11-18-14-4-2-1-3-5-14/h6-9,14,18H,1-5,10-11H2. The summed E-state index contributed by atoms with van der Waals surface area (Å²) >= 11 is 5.87. The number of hydrogen-bond acceptors (Lipinski definition) is 4. The first kappa shape index (κ1) is 14.5. The molecule has 1 heterocycles. The minimum absolute atomic E-state index is 0.624. The van der Waals surface area contributed by atoms with Crippen molar-refractivity contribution < 1.29 is 4.52 Å². The van der Waals surface area contributed by atoms with Gasteiger partial charge in [0, 0.05) is 29.6 Å². The van der Waals surface area contributed by atoms with E-state index in [4.69, 9.17) is 16.1 Å². The number of hydrogen-bond donors (Lipinski definition) is 1. The van der Waals surface area contributed by atoms with E-state index >= 15 is 0 Å². The first-order chi connectivity index (χ1) is 10.3. The number of nitrogens with one attached hydrogen (secondary N) is 1. The van der Waals surface area contributed by atoms with Crippen molar-refractivity contribution in [2.75, 3.05) is 6.54 Å². The predicted octanol–water partition coefficient (Wildman–Crippen LogP) is 3.85. The van der Waals surface area contributed by atoms with Gasteiger partial charge in [0.25, 0.3) is 0 Å². The van der Waals surface area contributed by atoms with Crippen molar-refractivity contribution >= 4 is 11.6 Å². The molecule has 2 aromatic rings. The second-order valence-electron chi connectivity index (χ2n) is 5.56. The summed E-state index contributed by atoms with van der Waals surface area (Å²) in [5.74, 6) is 1.31. The minimum atomic E-state index is 0.624. The van der Waals surface area contributed by atoms with Crippen LogP contribution < -0.4 is 5.32 Å². The molecule has 1 aliphatic rings. The van der Waals surface area contributed by atoms with Gasteiger partial charge in [-0.15, -0.1) is 0 Å². The summed E-state index contributed by atoms with van der Waals surface area (Å²) in [6.07, 6.45) is 7.43. The maximum absolute atomic E-state index is 5.87. The SMILES string of the molecule is Clc1ccc(-c2noc(CCNC3CCCCC3)n2)cc1. The Morgan fingerprint density at radius 2 is 1.90 bits per heavy atom. The maximum Gasteiger partial charge on any atom is 0.228 e. The lowest BCUT2D eigenvalue weighted by atomic mass is 9.95. The first-order valence-corrected chi connectivity index (χ1v) is 8.01. The van der Waals surface area contributed by atoms with E-state index in [0.717, 1.165) is 18.5 Å². The first-order valence-electron chi connectivity index (χ1n) is 7.63.